The number of nitrogens with one attached hydrogen (secondary N) is 1. The summed E-state index contributed by atoms with van der Waals surface area (Å²) in [6.07, 6.45) is 4.17. The molecule has 0 aliphatic carbocycles. The molecule has 6 nitrogen and oxygen atoms in total. The number of methoxy groups -OCH3 is 1. The van der Waals surface area contributed by atoms with Crippen LogP contribution in [0, 0.1) is 0 Å². The van der Waals surface area contributed by atoms with Gasteiger partial charge in [0, 0.05) is 5.56 Å². The maximum absolute atomic E-state index is 12.2. The van der Waals surface area contributed by atoms with Crippen molar-refractivity contribution in [3.8, 4) is 17.2 Å². The van der Waals surface area contributed by atoms with Crippen molar-refractivity contribution in [2.75, 3.05) is 20.3 Å². The van der Waals surface area contributed by atoms with Crippen LogP contribution in [0.3, 0.4) is 0 Å². The molecule has 0 bridgehead atoms. The third-order valence-electron chi connectivity index (χ3n) is 3.52. The summed E-state index contributed by atoms with van der Waals surface area (Å²) in [5.74, 6) is 1.48. The number of hydrogen-bond donors (Lipinski definition) is 1. The average Bonchev–Trinajstić information content (AvgIpc) is 2.71. The predicted octanol–water partition coefficient (Wildman–Crippen LogP) is 3.81. The molecule has 0 aromatic heterocycles. The van der Waals surface area contributed by atoms with Gasteiger partial charge in [0.1, 0.15) is 12.4 Å². The van der Waals surface area contributed by atoms with E-state index in [0.29, 0.717) is 30.3 Å². The molecule has 1 N–H and O–H groups in total. The van der Waals surface area contributed by atoms with Gasteiger partial charge in [-0.3, -0.25) is 4.79 Å². The molecule has 2 aromatic rings. The number of nitrogens with zero attached hydrogens (tertiary/aromatic N) is 1. The Morgan fingerprint density at radius 1 is 1.15 bits per heavy atom. The molecule has 0 heterocycles. The van der Waals surface area contributed by atoms with Gasteiger partial charge in [0.25, 0.3) is 5.91 Å². The average molecular weight is 368 g/mol. The maximum atomic E-state index is 12.2. The van der Waals surface area contributed by atoms with Crippen LogP contribution in [0.4, 0.5) is 0 Å². The number of benzene rings is 2. The van der Waals surface area contributed by atoms with E-state index >= 15 is 0 Å². The summed E-state index contributed by atoms with van der Waals surface area (Å²) >= 11 is 0. The lowest BCUT2D eigenvalue weighted by Gasteiger charge is -2.10. The highest BCUT2D eigenvalue weighted by molar-refractivity contribution is 5.95. The van der Waals surface area contributed by atoms with E-state index in [1.807, 2.05) is 24.3 Å². The van der Waals surface area contributed by atoms with Crippen molar-refractivity contribution in [1.82, 2.24) is 5.43 Å². The lowest BCUT2D eigenvalue weighted by atomic mass is 10.2. The third-order valence-corrected chi connectivity index (χ3v) is 3.52. The zero-order chi connectivity index (χ0) is 19.5. The molecule has 27 heavy (non-hydrogen) atoms. The first-order valence-electron chi connectivity index (χ1n) is 8.66. The van der Waals surface area contributed by atoms with Crippen LogP contribution in [-0.4, -0.2) is 32.4 Å². The van der Waals surface area contributed by atoms with Crippen molar-refractivity contribution in [2.24, 2.45) is 5.10 Å². The quantitative estimate of drug-likeness (QED) is 0.393. The Hall–Kier alpha value is -3.28. The molecule has 0 saturated heterocycles. The van der Waals surface area contributed by atoms with Gasteiger partial charge in [0.15, 0.2) is 11.5 Å². The highest BCUT2D eigenvalue weighted by Crippen LogP contribution is 2.28. The van der Waals surface area contributed by atoms with Gasteiger partial charge in [-0.2, -0.15) is 5.10 Å². The van der Waals surface area contributed by atoms with Crippen LogP contribution in [0.1, 0.15) is 29.3 Å². The van der Waals surface area contributed by atoms with Crippen molar-refractivity contribution in [2.45, 2.75) is 13.3 Å². The van der Waals surface area contributed by atoms with Crippen molar-refractivity contribution >= 4 is 12.1 Å². The minimum Gasteiger partial charge on any atom is -0.494 e. The molecule has 0 radical (unpaired) electrons. The van der Waals surface area contributed by atoms with Crippen LogP contribution in [0.5, 0.6) is 17.2 Å². The number of carbonyl (C=O) groups excluding carboxylic acids is 1. The Bertz CT molecular complexity index is 785. The molecule has 2 aromatic carbocycles. The first-order valence-corrected chi connectivity index (χ1v) is 8.66. The van der Waals surface area contributed by atoms with E-state index in [0.717, 1.165) is 17.7 Å². The Morgan fingerprint density at radius 3 is 2.59 bits per heavy atom. The molecule has 2 rings (SSSR count). The second kappa shape index (κ2) is 10.7. The fourth-order valence-corrected chi connectivity index (χ4v) is 2.18. The number of carbonyl (C=O) groups is 1. The first-order chi connectivity index (χ1) is 13.2. The van der Waals surface area contributed by atoms with Crippen LogP contribution in [-0.2, 0) is 0 Å². The summed E-state index contributed by atoms with van der Waals surface area (Å²) in [5.41, 5.74) is 3.76. The Kier molecular flexibility index (Phi) is 7.91. The lowest BCUT2D eigenvalue weighted by Crippen LogP contribution is -2.17. The highest BCUT2D eigenvalue weighted by atomic mass is 16.5. The minimum absolute atomic E-state index is 0.345. The molecular formula is C21H24N2O4. The largest absolute Gasteiger partial charge is 0.494 e. The number of ether oxygens (including phenoxy) is 3. The molecule has 0 spiro atoms. The normalized spacial score (nSPS) is 10.4. The zero-order valence-electron chi connectivity index (χ0n) is 15.6. The molecular weight excluding hydrogens is 344 g/mol. The van der Waals surface area contributed by atoms with Crippen LogP contribution in [0.15, 0.2) is 60.2 Å². The molecule has 0 saturated carbocycles. The summed E-state index contributed by atoms with van der Waals surface area (Å²) in [7, 11) is 1.52. The van der Waals surface area contributed by atoms with Gasteiger partial charge < -0.3 is 14.2 Å². The number of amides is 1. The minimum atomic E-state index is -0.345. The second-order valence-electron chi connectivity index (χ2n) is 5.58. The van der Waals surface area contributed by atoms with E-state index in [1.54, 1.807) is 30.5 Å². The van der Waals surface area contributed by atoms with Gasteiger partial charge in [-0.15, -0.1) is 0 Å². The smallest absolute Gasteiger partial charge is 0.271 e. The van der Waals surface area contributed by atoms with Crippen LogP contribution in [0.25, 0.3) is 0 Å². The van der Waals surface area contributed by atoms with Crippen molar-refractivity contribution in [1.29, 1.82) is 0 Å². The number of hydrogen-bond acceptors (Lipinski definition) is 5. The van der Waals surface area contributed by atoms with Crippen molar-refractivity contribution in [3.05, 3.63) is 66.2 Å². The summed E-state index contributed by atoms with van der Waals surface area (Å²) < 4.78 is 16.3. The Labute approximate surface area is 159 Å². The SMILES string of the molecule is C=CCOc1ccc(C(=O)N/N=C/c2ccc(OCCC)cc2)cc1OC. The van der Waals surface area contributed by atoms with Crippen LogP contribution in [0.2, 0.25) is 0 Å². The summed E-state index contributed by atoms with van der Waals surface area (Å²) in [4.78, 5) is 12.2. The first kappa shape index (κ1) is 20.0. The molecule has 0 fully saturated rings. The molecule has 0 unspecified atom stereocenters. The van der Waals surface area contributed by atoms with E-state index in [9.17, 15) is 4.79 Å². The van der Waals surface area contributed by atoms with Gasteiger partial charge >= 0.3 is 0 Å². The fourth-order valence-electron chi connectivity index (χ4n) is 2.18. The maximum Gasteiger partial charge on any atom is 0.271 e. The number of rotatable bonds is 10. The van der Waals surface area contributed by atoms with Gasteiger partial charge in [-0.1, -0.05) is 19.6 Å². The molecule has 6 heteroatoms. The Morgan fingerprint density at radius 2 is 1.93 bits per heavy atom. The van der Waals surface area contributed by atoms with E-state index in [4.69, 9.17) is 14.2 Å². The van der Waals surface area contributed by atoms with Gasteiger partial charge in [0.05, 0.1) is 19.9 Å². The molecule has 1 amide bonds. The predicted molar refractivity (Wildman–Crippen MR) is 106 cm³/mol. The van der Waals surface area contributed by atoms with Gasteiger partial charge in [0.2, 0.25) is 0 Å². The molecule has 0 atom stereocenters. The topological polar surface area (TPSA) is 69.2 Å². The molecule has 0 aliphatic rings. The van der Waals surface area contributed by atoms with Crippen molar-refractivity contribution < 1.29 is 19.0 Å². The zero-order valence-corrected chi connectivity index (χ0v) is 15.6. The summed E-state index contributed by atoms with van der Waals surface area (Å²) in [5, 5.41) is 3.99. The van der Waals surface area contributed by atoms with Crippen LogP contribution < -0.4 is 19.6 Å². The van der Waals surface area contributed by atoms with E-state index in [-0.39, 0.29) is 5.91 Å². The van der Waals surface area contributed by atoms with E-state index in [1.165, 1.54) is 7.11 Å². The second-order valence-corrected chi connectivity index (χ2v) is 5.58. The Balaban J connectivity index is 1.96. The third kappa shape index (κ3) is 6.18. The van der Waals surface area contributed by atoms with Gasteiger partial charge in [-0.05, 0) is 54.4 Å². The summed E-state index contributed by atoms with van der Waals surface area (Å²) in [6, 6.07) is 12.4. The highest BCUT2D eigenvalue weighted by Gasteiger charge is 2.10. The number of hydrazone groups is 1. The standard InChI is InChI=1S/C21H24N2O4/c1-4-12-26-18-9-6-16(7-10-18)15-22-23-21(24)17-8-11-19(27-13-5-2)20(14-17)25-3/h5-11,14-15H,2,4,12-13H2,1,3H3,(H,23,24)/b22-15+. The van der Waals surface area contributed by atoms with Crippen molar-refractivity contribution in [3.63, 3.8) is 0 Å². The van der Waals surface area contributed by atoms with E-state index in [2.05, 4.69) is 24.0 Å². The lowest BCUT2D eigenvalue weighted by molar-refractivity contribution is 0.0954. The van der Waals surface area contributed by atoms with Crippen LogP contribution >= 0.6 is 0 Å². The van der Waals surface area contributed by atoms with Gasteiger partial charge in [-0.25, -0.2) is 5.43 Å². The molecule has 142 valence electrons. The van der Waals surface area contributed by atoms with E-state index < -0.39 is 0 Å². The molecule has 0 aliphatic heterocycles. The summed E-state index contributed by atoms with van der Waals surface area (Å²) in [6.45, 7) is 6.70. The fraction of sp³-hybridized carbons (Fsp3) is 0.238. The monoisotopic (exact) mass is 368 g/mol.